The van der Waals surface area contributed by atoms with Crippen LogP contribution in [0.15, 0.2) is 27.2 Å². The van der Waals surface area contributed by atoms with Gasteiger partial charge < -0.3 is 9.84 Å². The van der Waals surface area contributed by atoms with Crippen molar-refractivity contribution in [2.75, 3.05) is 6.54 Å². The van der Waals surface area contributed by atoms with Crippen LogP contribution in [0.3, 0.4) is 0 Å². The summed E-state index contributed by atoms with van der Waals surface area (Å²) < 4.78 is 41.8. The zero-order valence-corrected chi connectivity index (χ0v) is 12.0. The molecule has 0 unspecified atom stereocenters. The molecule has 0 fully saturated rings. The number of nitrogens with one attached hydrogen (secondary N) is 1. The lowest BCUT2D eigenvalue weighted by Crippen LogP contribution is -2.28. The summed E-state index contributed by atoms with van der Waals surface area (Å²) in [7, 11) is 0. The van der Waals surface area contributed by atoms with E-state index >= 15 is 0 Å². The summed E-state index contributed by atoms with van der Waals surface area (Å²) in [5.41, 5.74) is 1.72. The monoisotopic (exact) mass is 349 g/mol. The van der Waals surface area contributed by atoms with Gasteiger partial charge in [0.1, 0.15) is 0 Å². The molecule has 0 atom stereocenters. The lowest BCUT2D eigenvalue weighted by Gasteiger charge is -2.05. The molecule has 0 bridgehead atoms. The number of aryl methyl sites for hydroxylation is 1. The highest BCUT2D eigenvalue weighted by Crippen LogP contribution is 2.23. The summed E-state index contributed by atoms with van der Waals surface area (Å²) in [6, 6.07) is 5.55. The van der Waals surface area contributed by atoms with Crippen molar-refractivity contribution in [2.45, 2.75) is 19.6 Å². The Kier molecular flexibility index (Phi) is 4.44. The Morgan fingerprint density at radius 1 is 1.35 bits per heavy atom. The molecule has 1 aromatic heterocycles. The summed E-state index contributed by atoms with van der Waals surface area (Å²) >= 11 is 3.35. The number of nitrogens with zero attached hydrogens (tertiary/aromatic N) is 2. The van der Waals surface area contributed by atoms with Crippen molar-refractivity contribution >= 4 is 15.9 Å². The van der Waals surface area contributed by atoms with E-state index in [9.17, 15) is 13.2 Å². The minimum atomic E-state index is -4.26. The quantitative estimate of drug-likeness (QED) is 0.918. The van der Waals surface area contributed by atoms with Gasteiger partial charge in [-0.1, -0.05) is 21.1 Å². The van der Waals surface area contributed by atoms with Crippen LogP contribution >= 0.6 is 15.9 Å². The third-order valence-electron chi connectivity index (χ3n) is 2.50. The third-order valence-corrected chi connectivity index (χ3v) is 2.99. The largest absolute Gasteiger partial charge is 0.401 e. The smallest absolute Gasteiger partial charge is 0.338 e. The van der Waals surface area contributed by atoms with E-state index in [1.807, 2.05) is 25.1 Å². The average Bonchev–Trinajstić information content (AvgIpc) is 2.75. The first-order valence-electron chi connectivity index (χ1n) is 5.72. The van der Waals surface area contributed by atoms with E-state index < -0.39 is 12.7 Å². The second kappa shape index (κ2) is 5.92. The molecule has 0 saturated heterocycles. The lowest BCUT2D eigenvalue weighted by molar-refractivity contribution is -0.125. The molecule has 2 rings (SSSR count). The van der Waals surface area contributed by atoms with Crippen LogP contribution in [0.1, 0.15) is 11.5 Å². The zero-order valence-electron chi connectivity index (χ0n) is 10.5. The molecule has 4 nitrogen and oxygen atoms in total. The highest BCUT2D eigenvalue weighted by Gasteiger charge is 2.26. The Hall–Kier alpha value is -1.41. The number of halogens is 4. The van der Waals surface area contributed by atoms with Crippen molar-refractivity contribution in [1.29, 1.82) is 0 Å². The first-order chi connectivity index (χ1) is 9.35. The minimum absolute atomic E-state index is 0.117. The van der Waals surface area contributed by atoms with E-state index in [1.54, 1.807) is 0 Å². The summed E-state index contributed by atoms with van der Waals surface area (Å²) in [5.74, 6) is 0.477. The summed E-state index contributed by atoms with van der Waals surface area (Å²) in [6.07, 6.45) is -4.26. The van der Waals surface area contributed by atoms with Crippen LogP contribution in [0.4, 0.5) is 13.2 Å². The summed E-state index contributed by atoms with van der Waals surface area (Å²) in [5, 5.41) is 5.97. The van der Waals surface area contributed by atoms with Crippen molar-refractivity contribution in [2.24, 2.45) is 0 Å². The number of alkyl halides is 3. The lowest BCUT2D eigenvalue weighted by atomic mass is 10.1. The van der Waals surface area contributed by atoms with Crippen LogP contribution in [0, 0.1) is 6.92 Å². The molecule has 0 aliphatic heterocycles. The molecule has 0 radical (unpaired) electrons. The summed E-state index contributed by atoms with van der Waals surface area (Å²) in [6.45, 7) is 0.669. The molecular weight excluding hydrogens is 339 g/mol. The maximum absolute atomic E-state index is 12.0. The molecule has 20 heavy (non-hydrogen) atoms. The third kappa shape index (κ3) is 4.04. The number of rotatable bonds is 4. The van der Waals surface area contributed by atoms with Crippen molar-refractivity contribution in [3.63, 3.8) is 0 Å². The van der Waals surface area contributed by atoms with Crippen LogP contribution in [0.2, 0.25) is 0 Å². The van der Waals surface area contributed by atoms with Gasteiger partial charge in [-0.3, -0.25) is 0 Å². The van der Waals surface area contributed by atoms with Gasteiger partial charge in [0.15, 0.2) is 0 Å². The molecular formula is C12H11BrF3N3O. The topological polar surface area (TPSA) is 51.0 Å². The van der Waals surface area contributed by atoms with E-state index in [0.29, 0.717) is 5.82 Å². The summed E-state index contributed by atoms with van der Waals surface area (Å²) in [4.78, 5) is 4.07. The normalized spacial score (nSPS) is 11.8. The molecule has 2 aromatic rings. The Bertz CT molecular complexity index is 598. The molecule has 0 aliphatic carbocycles. The van der Waals surface area contributed by atoms with E-state index in [1.165, 1.54) is 0 Å². The first kappa shape index (κ1) is 15.0. The van der Waals surface area contributed by atoms with Crippen molar-refractivity contribution in [3.8, 4) is 11.4 Å². The zero-order chi connectivity index (χ0) is 14.8. The maximum atomic E-state index is 12.0. The van der Waals surface area contributed by atoms with Gasteiger partial charge in [-0.05, 0) is 30.7 Å². The molecule has 0 saturated carbocycles. The van der Waals surface area contributed by atoms with Crippen molar-refractivity contribution < 1.29 is 17.7 Å². The average molecular weight is 350 g/mol. The van der Waals surface area contributed by atoms with Gasteiger partial charge in [0.25, 0.3) is 0 Å². The number of aromatic nitrogens is 2. The van der Waals surface area contributed by atoms with Crippen LogP contribution < -0.4 is 5.32 Å². The van der Waals surface area contributed by atoms with Crippen LogP contribution in [-0.2, 0) is 6.54 Å². The molecule has 0 amide bonds. The molecule has 8 heteroatoms. The fourth-order valence-electron chi connectivity index (χ4n) is 1.63. The van der Waals surface area contributed by atoms with E-state index in [-0.39, 0.29) is 12.4 Å². The standard InChI is InChI=1S/C12H11BrF3N3O/c1-7-4-8(13)2-3-9(7)11-18-10(20-19-11)5-17-6-12(14,15)16/h2-4,17H,5-6H2,1H3. The number of hydrogen-bond acceptors (Lipinski definition) is 4. The molecule has 0 spiro atoms. The van der Waals surface area contributed by atoms with Crippen molar-refractivity contribution in [3.05, 3.63) is 34.1 Å². The second-order valence-corrected chi connectivity index (χ2v) is 5.11. The molecule has 108 valence electrons. The van der Waals surface area contributed by atoms with Gasteiger partial charge in [-0.25, -0.2) is 0 Å². The van der Waals surface area contributed by atoms with Crippen LogP contribution in [0.5, 0.6) is 0 Å². The predicted octanol–water partition coefficient (Wildman–Crippen LogP) is 3.46. The van der Waals surface area contributed by atoms with Crippen LogP contribution in [0.25, 0.3) is 11.4 Å². The van der Waals surface area contributed by atoms with E-state index in [4.69, 9.17) is 4.52 Å². The van der Waals surface area contributed by atoms with Gasteiger partial charge in [0.2, 0.25) is 11.7 Å². The van der Waals surface area contributed by atoms with E-state index in [2.05, 4.69) is 31.4 Å². The fraction of sp³-hybridized carbons (Fsp3) is 0.333. The second-order valence-electron chi connectivity index (χ2n) is 4.19. The van der Waals surface area contributed by atoms with E-state index in [0.717, 1.165) is 15.6 Å². The Morgan fingerprint density at radius 2 is 2.10 bits per heavy atom. The Balaban J connectivity index is 2.05. The highest BCUT2D eigenvalue weighted by atomic mass is 79.9. The predicted molar refractivity (Wildman–Crippen MR) is 69.9 cm³/mol. The Morgan fingerprint density at radius 3 is 2.75 bits per heavy atom. The SMILES string of the molecule is Cc1cc(Br)ccc1-c1noc(CNCC(F)(F)F)n1. The van der Waals surface area contributed by atoms with Gasteiger partial charge in [-0.15, -0.1) is 0 Å². The highest BCUT2D eigenvalue weighted by molar-refractivity contribution is 9.10. The molecule has 0 aliphatic rings. The van der Waals surface area contributed by atoms with Crippen molar-refractivity contribution in [1.82, 2.24) is 15.5 Å². The van der Waals surface area contributed by atoms with Crippen LogP contribution in [-0.4, -0.2) is 22.9 Å². The Labute approximate surface area is 121 Å². The maximum Gasteiger partial charge on any atom is 0.401 e. The molecule has 1 N–H and O–H groups in total. The van der Waals surface area contributed by atoms with Gasteiger partial charge in [-0.2, -0.15) is 18.2 Å². The fourth-order valence-corrected chi connectivity index (χ4v) is 2.10. The first-order valence-corrected chi connectivity index (χ1v) is 6.51. The van der Waals surface area contributed by atoms with Gasteiger partial charge >= 0.3 is 6.18 Å². The molecule has 1 heterocycles. The van der Waals surface area contributed by atoms with Gasteiger partial charge in [0, 0.05) is 10.0 Å². The number of benzene rings is 1. The van der Waals surface area contributed by atoms with Gasteiger partial charge in [0.05, 0.1) is 13.1 Å². The minimum Gasteiger partial charge on any atom is -0.338 e. The molecule has 1 aromatic carbocycles. The number of hydrogen-bond donors (Lipinski definition) is 1.